The molecular weight excluding hydrogens is 741 g/mol. The largest absolute Gasteiger partial charge is 0.403 e. The summed E-state index contributed by atoms with van der Waals surface area (Å²) >= 11 is 0. The fourth-order valence-electron chi connectivity index (χ4n) is 3.40. The summed E-state index contributed by atoms with van der Waals surface area (Å²) in [6.07, 6.45) is 20.7. The Bertz CT molecular complexity index is 1920. The van der Waals surface area contributed by atoms with Crippen LogP contribution in [-0.2, 0) is 50.8 Å². The fraction of sp³-hybridized carbons (Fsp3) is 0.355. The minimum absolute atomic E-state index is 0. The van der Waals surface area contributed by atoms with Crippen LogP contribution >= 0.6 is 0 Å². The average molecular weight is 789 g/mol. The van der Waals surface area contributed by atoms with E-state index in [-0.39, 0.29) is 39.4 Å². The molecule has 0 aliphatic rings. The molecule has 2 heterocycles. The molecule has 0 aliphatic carbocycles. The molecule has 2 N–H and O–H groups in total. The molecule has 4 amide bonds. The predicted octanol–water partition coefficient (Wildman–Crippen LogP) is 2.77. The number of carbonyl (C=O) groups is 2. The molecule has 53 heavy (non-hydrogen) atoms. The van der Waals surface area contributed by atoms with Crippen molar-refractivity contribution in [2.75, 3.05) is 26.5 Å². The highest BCUT2D eigenvalue weighted by atomic mass is 32.3. The van der Waals surface area contributed by atoms with Gasteiger partial charge in [0.2, 0.25) is 0 Å². The highest BCUT2D eigenvalue weighted by Crippen LogP contribution is 2.02. The van der Waals surface area contributed by atoms with Crippen molar-refractivity contribution in [3.8, 4) is 0 Å². The molecule has 0 aliphatic heterocycles. The van der Waals surface area contributed by atoms with Gasteiger partial charge in [0, 0.05) is 62.0 Å². The first kappa shape index (κ1) is 47.7. The Kier molecular flexibility index (Phi) is 22.4. The lowest BCUT2D eigenvalue weighted by molar-refractivity contribution is 0.132. The molecule has 0 fully saturated rings. The van der Waals surface area contributed by atoms with Crippen LogP contribution in [0.25, 0.3) is 12.4 Å². The Balaban J connectivity index is 0.00000100. The van der Waals surface area contributed by atoms with E-state index in [1.807, 2.05) is 0 Å². The van der Waals surface area contributed by atoms with Gasteiger partial charge >= 0.3 is 44.2 Å². The van der Waals surface area contributed by atoms with Crippen LogP contribution in [0, 0.1) is 0 Å². The molecule has 0 aromatic carbocycles. The molecule has 20 nitrogen and oxygen atoms in total. The van der Waals surface area contributed by atoms with E-state index < -0.39 is 52.0 Å². The molecule has 296 valence electrons. The summed E-state index contributed by atoms with van der Waals surface area (Å²) < 4.78 is 70.4. The van der Waals surface area contributed by atoms with Gasteiger partial charge < -0.3 is 10.6 Å². The van der Waals surface area contributed by atoms with Crippen LogP contribution in [0.3, 0.4) is 0 Å². The van der Waals surface area contributed by atoms with Crippen molar-refractivity contribution < 1.29 is 43.2 Å². The molecule has 0 bridgehead atoms. The first-order valence-corrected chi connectivity index (χ1v) is 17.8. The fourth-order valence-corrected chi connectivity index (χ4v) is 4.58. The zero-order valence-electron chi connectivity index (χ0n) is 29.1. The maximum Gasteiger partial charge on any atom is 0.403 e. The van der Waals surface area contributed by atoms with Crippen molar-refractivity contribution in [2.45, 2.75) is 48.4 Å². The molecule has 2 aromatic heterocycles. The molecule has 2 rings (SSSR count). The van der Waals surface area contributed by atoms with Crippen molar-refractivity contribution in [3.05, 3.63) is 108 Å². The number of imidazole rings is 2. The van der Waals surface area contributed by atoms with Crippen LogP contribution in [-0.4, -0.2) is 83.5 Å². The first-order chi connectivity index (χ1) is 24.7. The van der Waals surface area contributed by atoms with Crippen molar-refractivity contribution in [1.29, 1.82) is 0 Å². The Morgan fingerprint density at radius 2 is 1.17 bits per heavy atom. The van der Waals surface area contributed by atoms with E-state index in [2.05, 4.69) is 36.3 Å². The van der Waals surface area contributed by atoms with Gasteiger partial charge in [-0.3, -0.25) is 28.1 Å². The SMILES string of the molecule is C.C=CN(CCOS(=O)(=O)OCCn1ccn(/C=C/C)c1=O)C(=O)N/C=C/C.C=CN(COS(=O)(=O)OCn1ccn(/C=C/C)c1=O)C(=O)N/C=C/C. The van der Waals surface area contributed by atoms with E-state index in [9.17, 15) is 36.0 Å². The van der Waals surface area contributed by atoms with Gasteiger partial charge in [-0.25, -0.2) is 35.9 Å². The van der Waals surface area contributed by atoms with Crippen molar-refractivity contribution >= 4 is 45.3 Å². The lowest BCUT2D eigenvalue weighted by atomic mass is 10.6. The van der Waals surface area contributed by atoms with Gasteiger partial charge in [0.05, 0.1) is 26.3 Å². The number of urea groups is 2. The van der Waals surface area contributed by atoms with E-state index in [1.54, 1.807) is 64.4 Å². The zero-order chi connectivity index (χ0) is 39.2. The first-order valence-electron chi connectivity index (χ1n) is 15.2. The number of allylic oxidation sites excluding steroid dienone is 4. The topological polar surface area (TPSA) is 224 Å². The minimum Gasteiger partial charge on any atom is -0.315 e. The predicted molar refractivity (Wildman–Crippen MR) is 199 cm³/mol. The van der Waals surface area contributed by atoms with Gasteiger partial charge in [0.15, 0.2) is 0 Å². The van der Waals surface area contributed by atoms with Crippen LogP contribution in [0.2, 0.25) is 0 Å². The smallest absolute Gasteiger partial charge is 0.315 e. The highest BCUT2D eigenvalue weighted by molar-refractivity contribution is 7.82. The van der Waals surface area contributed by atoms with Gasteiger partial charge in [0.25, 0.3) is 0 Å². The number of carbonyl (C=O) groups excluding carboxylic acids is 2. The molecule has 0 spiro atoms. The zero-order valence-corrected chi connectivity index (χ0v) is 30.8. The number of amides is 4. The van der Waals surface area contributed by atoms with Gasteiger partial charge in [-0.05, 0) is 27.7 Å². The summed E-state index contributed by atoms with van der Waals surface area (Å²) in [5.74, 6) is 0. The van der Waals surface area contributed by atoms with Gasteiger partial charge in [0.1, 0.15) is 13.5 Å². The Labute approximate surface area is 309 Å². The minimum atomic E-state index is -4.43. The summed E-state index contributed by atoms with van der Waals surface area (Å²) in [5.41, 5.74) is -0.796. The second kappa shape index (κ2) is 24.8. The lowest BCUT2D eigenvalue weighted by Crippen LogP contribution is -2.36. The molecular formula is C31H48N8O12S2. The van der Waals surface area contributed by atoms with Crippen molar-refractivity contribution in [2.24, 2.45) is 0 Å². The molecule has 22 heteroatoms. The highest BCUT2D eigenvalue weighted by Gasteiger charge is 2.18. The summed E-state index contributed by atoms with van der Waals surface area (Å²) in [5, 5.41) is 4.82. The van der Waals surface area contributed by atoms with E-state index in [1.165, 1.54) is 57.1 Å². The van der Waals surface area contributed by atoms with Gasteiger partial charge in [-0.15, -0.1) is 0 Å². The second-order valence-electron chi connectivity index (χ2n) is 9.49. The molecule has 0 unspecified atom stereocenters. The average Bonchev–Trinajstić information content (AvgIpc) is 3.64. The number of hydrogen-bond donors (Lipinski definition) is 2. The molecule has 0 atom stereocenters. The van der Waals surface area contributed by atoms with Crippen LogP contribution in [0.1, 0.15) is 35.1 Å². The summed E-state index contributed by atoms with van der Waals surface area (Å²) in [6.45, 7) is 12.0. The summed E-state index contributed by atoms with van der Waals surface area (Å²) in [6, 6.07) is -1.11. The van der Waals surface area contributed by atoms with E-state index >= 15 is 0 Å². The van der Waals surface area contributed by atoms with Gasteiger partial charge in [-0.2, -0.15) is 16.8 Å². The van der Waals surface area contributed by atoms with Crippen LogP contribution < -0.4 is 22.0 Å². The van der Waals surface area contributed by atoms with Crippen LogP contribution in [0.5, 0.6) is 0 Å². The number of rotatable bonds is 20. The number of aromatic nitrogens is 4. The third-order valence-corrected chi connectivity index (χ3v) is 7.57. The van der Waals surface area contributed by atoms with Crippen molar-refractivity contribution in [3.63, 3.8) is 0 Å². The van der Waals surface area contributed by atoms with Gasteiger partial charge in [-0.1, -0.05) is 44.9 Å². The van der Waals surface area contributed by atoms with Crippen molar-refractivity contribution in [1.82, 2.24) is 38.7 Å². The quantitative estimate of drug-likeness (QED) is 0.185. The molecule has 0 saturated heterocycles. The number of hydrogen-bond acceptors (Lipinski definition) is 12. The number of nitrogens with one attached hydrogen (secondary N) is 2. The Hall–Kier alpha value is -5.26. The monoisotopic (exact) mass is 788 g/mol. The van der Waals surface area contributed by atoms with Crippen LogP contribution in [0.15, 0.2) is 96.6 Å². The molecule has 2 aromatic rings. The standard InChI is InChI=1S/C16H24N4O6S.C14H20N4O6S.CH4/c1-4-7-17-15(21)18(6-3)11-13-25-27(23,24)26-14-12-20-10-9-19(8-5-2)16(20)22;1-4-7-15-13(19)16(6-3)11-23-25(21,22)24-12-18-10-9-17(8-5-2)14(18)20;/h4-10H,3,11-14H2,1-2H3,(H,17,21);4-10H,3,11-12H2,1-2H3,(H,15,19);1H4/b2*7-4+,8-5+;. The third-order valence-electron chi connectivity index (χ3n) is 5.87. The van der Waals surface area contributed by atoms with E-state index in [4.69, 9.17) is 4.18 Å². The van der Waals surface area contributed by atoms with E-state index in [0.29, 0.717) is 0 Å². The van der Waals surface area contributed by atoms with Crippen LogP contribution in [0.4, 0.5) is 9.59 Å². The maximum atomic E-state index is 11.9. The maximum absolute atomic E-state index is 11.9. The summed E-state index contributed by atoms with van der Waals surface area (Å²) in [4.78, 5) is 49.2. The lowest BCUT2D eigenvalue weighted by Gasteiger charge is -2.17. The normalized spacial score (nSPS) is 11.7. The van der Waals surface area contributed by atoms with E-state index in [0.717, 1.165) is 20.6 Å². The second-order valence-corrected chi connectivity index (χ2v) is 12.1. The molecule has 0 radical (unpaired) electrons. The third kappa shape index (κ3) is 17.7. The Morgan fingerprint density at radius 3 is 1.68 bits per heavy atom. The number of nitrogens with zero attached hydrogens (tertiary/aromatic N) is 6. The summed E-state index contributed by atoms with van der Waals surface area (Å²) in [7, 11) is -8.69. The Morgan fingerprint density at radius 1 is 0.698 bits per heavy atom. The molecule has 0 saturated carbocycles.